The van der Waals surface area contributed by atoms with Crippen molar-refractivity contribution in [1.82, 2.24) is 14.6 Å². The largest absolute Gasteiger partial charge is 0.493 e. The maximum Gasteiger partial charge on any atom is 0.296 e. The van der Waals surface area contributed by atoms with E-state index in [-0.39, 0.29) is 22.6 Å². The van der Waals surface area contributed by atoms with Crippen LogP contribution in [0, 0.1) is 0 Å². The normalized spacial score (nSPS) is 11.7. The van der Waals surface area contributed by atoms with Crippen LogP contribution in [0.3, 0.4) is 0 Å². The zero-order valence-electron chi connectivity index (χ0n) is 19.6. The predicted octanol–water partition coefficient (Wildman–Crippen LogP) is 2.51. The summed E-state index contributed by atoms with van der Waals surface area (Å²) >= 11 is 1.15. The van der Waals surface area contributed by atoms with Crippen molar-refractivity contribution in [2.24, 2.45) is 0 Å². The third kappa shape index (κ3) is 4.65. The monoisotopic (exact) mass is 478 g/mol. The fraction of sp³-hybridized carbons (Fsp3) is 0.280. The lowest BCUT2D eigenvalue weighted by Gasteiger charge is -2.20. The second-order valence-electron chi connectivity index (χ2n) is 7.60. The highest BCUT2D eigenvalue weighted by atomic mass is 32.1. The molecule has 0 N–H and O–H groups in total. The highest BCUT2D eigenvalue weighted by Gasteiger charge is 2.13. The van der Waals surface area contributed by atoms with Crippen LogP contribution in [0.4, 0.5) is 5.69 Å². The van der Waals surface area contributed by atoms with Gasteiger partial charge in [0.2, 0.25) is 4.96 Å². The second kappa shape index (κ2) is 10.0. The first kappa shape index (κ1) is 23.4. The summed E-state index contributed by atoms with van der Waals surface area (Å²) in [5, 5.41) is 4.33. The quantitative estimate of drug-likeness (QED) is 0.385. The van der Waals surface area contributed by atoms with E-state index >= 15 is 0 Å². The van der Waals surface area contributed by atoms with E-state index in [1.807, 2.05) is 30.3 Å². The molecule has 0 atom stereocenters. The molecule has 0 aliphatic rings. The Morgan fingerprint density at radius 1 is 1.00 bits per heavy atom. The molecule has 0 saturated carbocycles. The van der Waals surface area contributed by atoms with Crippen LogP contribution in [0.25, 0.3) is 11.0 Å². The van der Waals surface area contributed by atoms with Gasteiger partial charge in [-0.3, -0.25) is 9.59 Å². The van der Waals surface area contributed by atoms with E-state index in [4.69, 9.17) is 9.47 Å². The highest BCUT2D eigenvalue weighted by Crippen LogP contribution is 2.28. The van der Waals surface area contributed by atoms with Crippen LogP contribution in [0.1, 0.15) is 30.7 Å². The van der Waals surface area contributed by atoms with Crippen LogP contribution < -0.4 is 30.0 Å². The first-order valence-electron chi connectivity index (χ1n) is 11.0. The highest BCUT2D eigenvalue weighted by molar-refractivity contribution is 7.15. The number of thiazole rings is 1. The second-order valence-corrected chi connectivity index (χ2v) is 8.61. The number of hydrogen-bond donors (Lipinski definition) is 0. The lowest BCUT2D eigenvalue weighted by atomic mass is 10.1. The van der Waals surface area contributed by atoms with Crippen molar-refractivity contribution < 1.29 is 9.47 Å². The molecule has 2 aromatic heterocycles. The van der Waals surface area contributed by atoms with Crippen LogP contribution in [-0.4, -0.2) is 41.9 Å². The van der Waals surface area contributed by atoms with Gasteiger partial charge >= 0.3 is 0 Å². The van der Waals surface area contributed by atoms with Gasteiger partial charge in [0.25, 0.3) is 11.1 Å². The average molecular weight is 479 g/mol. The lowest BCUT2D eigenvalue weighted by molar-refractivity contribution is 0.354. The number of aromatic nitrogens is 3. The van der Waals surface area contributed by atoms with E-state index in [0.29, 0.717) is 16.0 Å². The first-order valence-corrected chi connectivity index (χ1v) is 11.8. The lowest BCUT2D eigenvalue weighted by Crippen LogP contribution is -2.28. The maximum absolute atomic E-state index is 13.0. The summed E-state index contributed by atoms with van der Waals surface area (Å²) in [5.41, 5.74) is 2.27. The van der Waals surface area contributed by atoms with Gasteiger partial charge in [-0.25, -0.2) is 0 Å². The SMILES string of the molecule is CCN(CC)c1ccc(/C=c2/sc3nc(=O)c(Cc4ccc(OC)c(OC)c4)nn3c2=O)cc1. The Kier molecular flexibility index (Phi) is 6.93. The van der Waals surface area contributed by atoms with Crippen molar-refractivity contribution in [3.8, 4) is 11.5 Å². The Labute approximate surface area is 200 Å². The minimum absolute atomic E-state index is 0.190. The number of hydrogen-bond acceptors (Lipinski definition) is 8. The average Bonchev–Trinajstić information content (AvgIpc) is 3.14. The molecule has 0 unspecified atom stereocenters. The number of methoxy groups -OCH3 is 2. The third-order valence-electron chi connectivity index (χ3n) is 5.59. The molecule has 0 spiro atoms. The van der Waals surface area contributed by atoms with Gasteiger partial charge in [-0.1, -0.05) is 29.5 Å². The van der Waals surface area contributed by atoms with Crippen molar-refractivity contribution in [2.45, 2.75) is 20.3 Å². The molecule has 4 aromatic rings. The van der Waals surface area contributed by atoms with E-state index in [1.54, 1.807) is 32.4 Å². The molecule has 4 rings (SSSR count). The minimum atomic E-state index is -0.453. The van der Waals surface area contributed by atoms with Crippen molar-refractivity contribution in [3.05, 3.63) is 84.5 Å². The standard InChI is InChI=1S/C25H26N4O4S/c1-5-28(6-2)18-10-7-16(8-11-18)15-22-24(31)29-25(34-22)26-23(30)19(27-29)13-17-9-12-20(32-3)21(14-17)33-4/h7-12,14-15H,5-6,13H2,1-4H3/b22-15+. The van der Waals surface area contributed by atoms with Crippen LogP contribution in [0.5, 0.6) is 11.5 Å². The molecule has 34 heavy (non-hydrogen) atoms. The van der Waals surface area contributed by atoms with Crippen LogP contribution >= 0.6 is 11.3 Å². The first-order chi connectivity index (χ1) is 16.5. The summed E-state index contributed by atoms with van der Waals surface area (Å²) in [7, 11) is 3.11. The van der Waals surface area contributed by atoms with Crippen LogP contribution in [0.2, 0.25) is 0 Å². The number of anilines is 1. The molecule has 0 aliphatic carbocycles. The molecule has 8 nitrogen and oxygen atoms in total. The molecule has 0 fully saturated rings. The van der Waals surface area contributed by atoms with Gasteiger partial charge in [-0.05, 0) is 55.3 Å². The Bertz CT molecular complexity index is 1470. The van der Waals surface area contributed by atoms with Gasteiger partial charge < -0.3 is 14.4 Å². The van der Waals surface area contributed by atoms with Crippen LogP contribution in [-0.2, 0) is 6.42 Å². The molecule has 0 bridgehead atoms. The zero-order valence-corrected chi connectivity index (χ0v) is 20.4. The fourth-order valence-electron chi connectivity index (χ4n) is 3.76. The van der Waals surface area contributed by atoms with Gasteiger partial charge in [0.05, 0.1) is 18.8 Å². The summed E-state index contributed by atoms with van der Waals surface area (Å²) in [5.74, 6) is 1.15. The Morgan fingerprint density at radius 3 is 2.35 bits per heavy atom. The van der Waals surface area contributed by atoms with Gasteiger partial charge in [0.15, 0.2) is 11.5 Å². The number of fused-ring (bicyclic) bond motifs is 1. The number of nitrogens with zero attached hydrogens (tertiary/aromatic N) is 4. The summed E-state index contributed by atoms with van der Waals surface area (Å²) in [4.78, 5) is 32.2. The summed E-state index contributed by atoms with van der Waals surface area (Å²) in [6, 6.07) is 13.4. The third-order valence-corrected chi connectivity index (χ3v) is 6.55. The minimum Gasteiger partial charge on any atom is -0.493 e. The van der Waals surface area contributed by atoms with E-state index in [9.17, 15) is 9.59 Å². The summed E-state index contributed by atoms with van der Waals surface area (Å²) in [6.07, 6.45) is 2.02. The predicted molar refractivity (Wildman–Crippen MR) is 135 cm³/mol. The fourth-order valence-corrected chi connectivity index (χ4v) is 4.66. The molecule has 0 radical (unpaired) electrons. The van der Waals surface area contributed by atoms with E-state index < -0.39 is 5.56 Å². The molecule has 0 amide bonds. The Balaban J connectivity index is 1.68. The van der Waals surface area contributed by atoms with E-state index in [1.165, 1.54) is 4.52 Å². The molecule has 0 saturated heterocycles. The summed E-state index contributed by atoms with van der Waals surface area (Å²) < 4.78 is 12.3. The van der Waals surface area contributed by atoms with Crippen LogP contribution in [0.15, 0.2) is 52.1 Å². The van der Waals surface area contributed by atoms with E-state index in [0.717, 1.165) is 41.2 Å². The smallest absolute Gasteiger partial charge is 0.296 e. The Morgan fingerprint density at radius 2 is 1.71 bits per heavy atom. The van der Waals surface area contributed by atoms with Crippen molar-refractivity contribution in [1.29, 1.82) is 0 Å². The maximum atomic E-state index is 13.0. The topological polar surface area (TPSA) is 86.0 Å². The molecule has 2 heterocycles. The number of rotatable bonds is 8. The number of ether oxygens (including phenoxy) is 2. The molecule has 2 aromatic carbocycles. The van der Waals surface area contributed by atoms with Crippen molar-refractivity contribution in [3.63, 3.8) is 0 Å². The van der Waals surface area contributed by atoms with Crippen molar-refractivity contribution in [2.75, 3.05) is 32.2 Å². The van der Waals surface area contributed by atoms with Crippen molar-refractivity contribution >= 4 is 28.1 Å². The summed E-state index contributed by atoms with van der Waals surface area (Å²) in [6.45, 7) is 6.09. The van der Waals surface area contributed by atoms with Gasteiger partial charge in [-0.15, -0.1) is 0 Å². The molecular formula is C25H26N4O4S. The molecular weight excluding hydrogens is 452 g/mol. The zero-order chi connectivity index (χ0) is 24.2. The van der Waals surface area contributed by atoms with E-state index in [2.05, 4.69) is 28.8 Å². The molecule has 9 heteroatoms. The number of benzene rings is 2. The van der Waals surface area contributed by atoms with Gasteiger partial charge in [-0.2, -0.15) is 14.6 Å². The van der Waals surface area contributed by atoms with Gasteiger partial charge in [0, 0.05) is 25.2 Å². The Hall–Kier alpha value is -3.72. The van der Waals surface area contributed by atoms with Gasteiger partial charge in [0.1, 0.15) is 5.69 Å². The molecule has 0 aliphatic heterocycles. The molecule has 176 valence electrons.